The van der Waals surface area contributed by atoms with E-state index >= 15 is 0 Å². The molecule has 0 saturated carbocycles. The minimum absolute atomic E-state index is 0.0856. The van der Waals surface area contributed by atoms with Gasteiger partial charge in [0, 0.05) is 48.9 Å². The summed E-state index contributed by atoms with van der Waals surface area (Å²) in [5, 5.41) is 2.41. The number of piperidine rings is 1. The number of halogens is 3. The van der Waals surface area contributed by atoms with E-state index in [9.17, 15) is 22.8 Å². The maximum absolute atomic E-state index is 13.2. The minimum Gasteiger partial charge on any atom is -0.382 e. The van der Waals surface area contributed by atoms with Gasteiger partial charge in [0.25, 0.3) is 5.91 Å². The van der Waals surface area contributed by atoms with Crippen LogP contribution in [0.1, 0.15) is 47.1 Å². The summed E-state index contributed by atoms with van der Waals surface area (Å²) in [6.45, 7) is 1.25. The Kier molecular flexibility index (Phi) is 8.44. The molecule has 1 atom stereocenters. The van der Waals surface area contributed by atoms with E-state index in [2.05, 4.69) is 15.3 Å². The lowest BCUT2D eigenvalue weighted by atomic mass is 10.0. The molecule has 10 nitrogen and oxygen atoms in total. The van der Waals surface area contributed by atoms with Crippen LogP contribution in [0.2, 0.25) is 0 Å². The van der Waals surface area contributed by atoms with Crippen LogP contribution < -0.4 is 11.1 Å². The molecule has 0 unspecified atom stereocenters. The smallest absolute Gasteiger partial charge is 0.382 e. The average Bonchev–Trinajstić information content (AvgIpc) is 3.37. The molecular formula is C30H31F3N8O2. The Hall–Kier alpha value is -4.78. The number of aromatic nitrogens is 4. The highest BCUT2D eigenvalue weighted by molar-refractivity contribution is 6.04. The van der Waals surface area contributed by atoms with E-state index in [0.717, 1.165) is 37.6 Å². The van der Waals surface area contributed by atoms with E-state index in [0.29, 0.717) is 35.7 Å². The van der Waals surface area contributed by atoms with E-state index < -0.39 is 17.6 Å². The number of rotatable bonds is 7. The minimum atomic E-state index is -4.56. The number of likely N-dealkylation sites (N-methyl/N-ethyl adjacent to an activating group) is 1. The number of nitrogens with zero attached hydrogens (tertiary/aromatic N) is 6. The number of amides is 2. The number of carbonyl (C=O) groups excluding carboxylic acids is 2. The Morgan fingerprint density at radius 2 is 1.88 bits per heavy atom. The normalized spacial score (nSPS) is 15.9. The van der Waals surface area contributed by atoms with Crippen molar-refractivity contribution >= 4 is 29.0 Å². The fraction of sp³-hybridized carbons (Fsp3) is 0.300. The summed E-state index contributed by atoms with van der Waals surface area (Å²) in [5.74, 6) is 0.000566. The molecule has 43 heavy (non-hydrogen) atoms. The Morgan fingerprint density at radius 1 is 1.12 bits per heavy atom. The molecule has 1 aliphatic heterocycles. The molecule has 3 N–H and O–H groups in total. The second-order valence-corrected chi connectivity index (χ2v) is 10.5. The van der Waals surface area contributed by atoms with Crippen LogP contribution >= 0.6 is 0 Å². The second-order valence-electron chi connectivity index (χ2n) is 10.5. The molecule has 0 radical (unpaired) electrons. The molecule has 1 saturated heterocycles. The Labute approximate surface area is 246 Å². The lowest BCUT2D eigenvalue weighted by Gasteiger charge is -2.34. The van der Waals surface area contributed by atoms with Crippen molar-refractivity contribution in [2.24, 2.45) is 0 Å². The molecule has 0 aliphatic carbocycles. The zero-order valence-electron chi connectivity index (χ0n) is 23.7. The van der Waals surface area contributed by atoms with E-state index in [1.165, 1.54) is 0 Å². The number of fused-ring (bicyclic) bond motifs is 1. The van der Waals surface area contributed by atoms with Crippen molar-refractivity contribution in [1.82, 2.24) is 29.2 Å². The van der Waals surface area contributed by atoms with Gasteiger partial charge in [-0.15, -0.1) is 0 Å². The maximum Gasteiger partial charge on any atom is 0.416 e. The predicted molar refractivity (Wildman–Crippen MR) is 156 cm³/mol. The van der Waals surface area contributed by atoms with E-state index in [-0.39, 0.29) is 29.1 Å². The van der Waals surface area contributed by atoms with Gasteiger partial charge in [0.05, 0.1) is 11.6 Å². The number of nitrogen functional groups attached to an aromatic ring is 1. The first-order valence-electron chi connectivity index (χ1n) is 13.7. The van der Waals surface area contributed by atoms with Crippen LogP contribution in [0.5, 0.6) is 0 Å². The molecule has 2 amide bonds. The zero-order valence-corrected chi connectivity index (χ0v) is 23.7. The van der Waals surface area contributed by atoms with Gasteiger partial charge in [-0.2, -0.15) is 13.2 Å². The molecule has 0 spiro atoms. The van der Waals surface area contributed by atoms with Gasteiger partial charge < -0.3 is 20.9 Å². The summed E-state index contributed by atoms with van der Waals surface area (Å²) >= 11 is 0. The van der Waals surface area contributed by atoms with Gasteiger partial charge in [-0.25, -0.2) is 15.0 Å². The predicted octanol–water partition coefficient (Wildman–Crippen LogP) is 4.82. The lowest BCUT2D eigenvalue weighted by Crippen LogP contribution is -2.38. The summed E-state index contributed by atoms with van der Waals surface area (Å²) in [7, 11) is 3.86. The molecule has 5 rings (SSSR count). The molecule has 224 valence electrons. The summed E-state index contributed by atoms with van der Waals surface area (Å²) in [4.78, 5) is 42.8. The Balaban J connectivity index is 1.44. The summed E-state index contributed by atoms with van der Waals surface area (Å²) < 4.78 is 41.0. The fourth-order valence-electron chi connectivity index (χ4n) is 5.09. The number of pyridine rings is 1. The van der Waals surface area contributed by atoms with Crippen LogP contribution in [0.15, 0.2) is 67.1 Å². The van der Waals surface area contributed by atoms with Gasteiger partial charge >= 0.3 is 6.18 Å². The Bertz CT molecular complexity index is 1660. The first-order valence-corrected chi connectivity index (χ1v) is 13.7. The number of hydrogen-bond acceptors (Lipinski definition) is 7. The quantitative estimate of drug-likeness (QED) is 0.295. The molecule has 13 heteroatoms. The number of imidazole rings is 1. The van der Waals surface area contributed by atoms with Gasteiger partial charge in [0.1, 0.15) is 28.7 Å². The molecular weight excluding hydrogens is 561 g/mol. The van der Waals surface area contributed by atoms with Crippen LogP contribution in [0.4, 0.5) is 24.8 Å². The van der Waals surface area contributed by atoms with Gasteiger partial charge in [0.2, 0.25) is 5.91 Å². The number of hydrogen-bond donors (Lipinski definition) is 2. The third-order valence-electron chi connectivity index (χ3n) is 7.17. The van der Waals surface area contributed by atoms with Crippen LogP contribution in [0.3, 0.4) is 0 Å². The molecule has 1 aromatic carbocycles. The highest BCUT2D eigenvalue weighted by Crippen LogP contribution is 2.36. The average molecular weight is 593 g/mol. The fourth-order valence-corrected chi connectivity index (χ4v) is 5.09. The number of anilines is 2. The van der Waals surface area contributed by atoms with Crippen molar-refractivity contribution < 1.29 is 22.8 Å². The van der Waals surface area contributed by atoms with Crippen LogP contribution in [-0.2, 0) is 11.0 Å². The molecule has 4 heterocycles. The van der Waals surface area contributed by atoms with E-state index in [4.69, 9.17) is 10.7 Å². The van der Waals surface area contributed by atoms with E-state index in [1.807, 2.05) is 34.4 Å². The van der Waals surface area contributed by atoms with Crippen molar-refractivity contribution in [3.8, 4) is 11.3 Å². The molecule has 1 fully saturated rings. The van der Waals surface area contributed by atoms with Crippen molar-refractivity contribution in [2.75, 3.05) is 38.2 Å². The van der Waals surface area contributed by atoms with Crippen molar-refractivity contribution in [3.05, 3.63) is 84.1 Å². The van der Waals surface area contributed by atoms with Crippen molar-refractivity contribution in [3.63, 3.8) is 0 Å². The van der Waals surface area contributed by atoms with Gasteiger partial charge in [-0.05, 0) is 57.6 Å². The zero-order chi connectivity index (χ0) is 30.7. The van der Waals surface area contributed by atoms with Gasteiger partial charge in [0.15, 0.2) is 0 Å². The van der Waals surface area contributed by atoms with Crippen molar-refractivity contribution in [1.29, 1.82) is 0 Å². The Morgan fingerprint density at radius 3 is 2.60 bits per heavy atom. The highest BCUT2D eigenvalue weighted by atomic mass is 19.4. The number of likely N-dealkylation sites (tertiary alicyclic amines) is 1. The molecule has 3 aromatic heterocycles. The number of nitrogens with two attached hydrogens (primary N) is 1. The third kappa shape index (κ3) is 6.51. The number of alkyl halides is 3. The molecule has 4 aromatic rings. The standard InChI is InChI=1S/C30H31F3N8O2/c1-39(2)15-5-7-24(42)40-16-4-3-6-22(40)28-38-25(26-27(34)36-14-17-41(26)28)19-8-10-20(11-9-19)29(43)37-23-18-21(12-13-35-23)30(31,32)33/h5,7-14,17-18,22H,3-4,6,15-16H2,1-2H3,(H2,34,36)(H,35,37,43)/b7-5+/t22-/m0/s1. The summed E-state index contributed by atoms with van der Waals surface area (Å²) in [6.07, 6.45) is 5.78. The highest BCUT2D eigenvalue weighted by Gasteiger charge is 2.32. The van der Waals surface area contributed by atoms with Gasteiger partial charge in [-0.3, -0.25) is 14.0 Å². The van der Waals surface area contributed by atoms with E-state index in [1.54, 1.807) is 42.7 Å². The molecule has 0 bridgehead atoms. The number of nitrogens with one attached hydrogen (secondary N) is 1. The van der Waals surface area contributed by atoms with Crippen LogP contribution in [0.25, 0.3) is 16.8 Å². The van der Waals surface area contributed by atoms with Gasteiger partial charge in [-0.1, -0.05) is 18.2 Å². The monoisotopic (exact) mass is 592 g/mol. The summed E-state index contributed by atoms with van der Waals surface area (Å²) in [6, 6.07) is 7.78. The third-order valence-corrected chi connectivity index (χ3v) is 7.17. The maximum atomic E-state index is 13.2. The topological polar surface area (TPSA) is 122 Å². The second kappa shape index (κ2) is 12.2. The SMILES string of the molecule is CN(C)C/C=C/C(=O)N1CCCC[C@H]1c1nc(-c2ccc(C(=O)Nc3cc(C(F)(F)F)ccn3)cc2)c2c(N)nccn12. The van der Waals surface area contributed by atoms with Crippen LogP contribution in [-0.4, -0.2) is 68.2 Å². The lowest BCUT2D eigenvalue weighted by molar-refractivity contribution is -0.137. The van der Waals surface area contributed by atoms with Crippen LogP contribution in [0, 0.1) is 0 Å². The number of carbonyl (C=O) groups is 2. The summed E-state index contributed by atoms with van der Waals surface area (Å²) in [5.41, 5.74) is 7.37. The first-order chi connectivity index (χ1) is 20.5. The first kappa shape index (κ1) is 29.7. The van der Waals surface area contributed by atoms with Crippen molar-refractivity contribution in [2.45, 2.75) is 31.5 Å². The largest absolute Gasteiger partial charge is 0.416 e. The number of benzene rings is 1. The molecule has 1 aliphatic rings.